The van der Waals surface area contributed by atoms with E-state index in [9.17, 15) is 9.18 Å². The van der Waals surface area contributed by atoms with Crippen molar-refractivity contribution in [1.82, 2.24) is 0 Å². The van der Waals surface area contributed by atoms with Crippen LogP contribution in [0.5, 0.6) is 0 Å². The van der Waals surface area contributed by atoms with Gasteiger partial charge in [0, 0.05) is 5.69 Å². The van der Waals surface area contributed by atoms with E-state index in [2.05, 4.69) is 5.32 Å². The lowest BCUT2D eigenvalue weighted by molar-refractivity contribution is -0.117. The van der Waals surface area contributed by atoms with Gasteiger partial charge in [0.05, 0.1) is 5.92 Å². The first kappa shape index (κ1) is 11.9. The molecule has 1 aliphatic rings. The summed E-state index contributed by atoms with van der Waals surface area (Å²) in [6, 6.07) is 12.4. The molecule has 0 fully saturated rings. The van der Waals surface area contributed by atoms with Crippen LogP contribution in [0.3, 0.4) is 0 Å². The number of rotatable bonds is 2. The van der Waals surface area contributed by atoms with Gasteiger partial charge in [0.2, 0.25) is 5.91 Å². The molecule has 0 aliphatic carbocycles. The second-order valence-electron chi connectivity index (χ2n) is 4.97. The number of benzene rings is 2. The monoisotopic (exact) mass is 255 g/mol. The van der Waals surface area contributed by atoms with Crippen molar-refractivity contribution in [2.45, 2.75) is 19.3 Å². The summed E-state index contributed by atoms with van der Waals surface area (Å²) in [6.45, 7) is 2.00. The van der Waals surface area contributed by atoms with Crippen molar-refractivity contribution in [2.75, 3.05) is 5.32 Å². The maximum atomic E-state index is 13.2. The highest BCUT2D eigenvalue weighted by atomic mass is 19.1. The maximum absolute atomic E-state index is 13.2. The van der Waals surface area contributed by atoms with E-state index in [1.165, 1.54) is 12.1 Å². The Morgan fingerprint density at radius 3 is 2.84 bits per heavy atom. The van der Waals surface area contributed by atoms with E-state index in [4.69, 9.17) is 0 Å². The highest BCUT2D eigenvalue weighted by Crippen LogP contribution is 2.35. The van der Waals surface area contributed by atoms with Crippen LogP contribution in [-0.2, 0) is 11.2 Å². The van der Waals surface area contributed by atoms with Gasteiger partial charge in [-0.25, -0.2) is 4.39 Å². The van der Waals surface area contributed by atoms with Gasteiger partial charge in [0.25, 0.3) is 0 Å². The van der Waals surface area contributed by atoms with Crippen molar-refractivity contribution in [2.24, 2.45) is 0 Å². The zero-order valence-corrected chi connectivity index (χ0v) is 10.6. The number of carbonyl (C=O) groups is 1. The Morgan fingerprint density at radius 2 is 2.05 bits per heavy atom. The van der Waals surface area contributed by atoms with Crippen LogP contribution in [0.2, 0.25) is 0 Å². The van der Waals surface area contributed by atoms with Crippen LogP contribution in [-0.4, -0.2) is 5.91 Å². The van der Waals surface area contributed by atoms with Crippen LogP contribution in [0.1, 0.15) is 22.6 Å². The van der Waals surface area contributed by atoms with Crippen LogP contribution in [0.15, 0.2) is 42.5 Å². The van der Waals surface area contributed by atoms with Crippen molar-refractivity contribution in [3.63, 3.8) is 0 Å². The number of fused-ring (bicyclic) bond motifs is 1. The quantitative estimate of drug-likeness (QED) is 0.875. The molecule has 1 aliphatic heterocycles. The van der Waals surface area contributed by atoms with Crippen molar-refractivity contribution in [3.8, 4) is 0 Å². The molecule has 2 nitrogen and oxygen atoms in total. The molecular weight excluding hydrogens is 241 g/mol. The largest absolute Gasteiger partial charge is 0.325 e. The number of aryl methyl sites for hydroxylation is 1. The second kappa shape index (κ2) is 4.50. The number of anilines is 1. The minimum Gasteiger partial charge on any atom is -0.325 e. The van der Waals surface area contributed by atoms with Gasteiger partial charge in [-0.05, 0) is 42.7 Å². The maximum Gasteiger partial charge on any atom is 0.232 e. The molecule has 2 aromatic carbocycles. The van der Waals surface area contributed by atoms with Gasteiger partial charge < -0.3 is 5.32 Å². The Hall–Kier alpha value is -2.16. The number of amides is 1. The minimum atomic E-state index is -0.264. The van der Waals surface area contributed by atoms with E-state index < -0.39 is 0 Å². The van der Waals surface area contributed by atoms with Crippen LogP contribution >= 0.6 is 0 Å². The molecule has 96 valence electrons. The fourth-order valence-electron chi connectivity index (χ4n) is 2.55. The summed E-state index contributed by atoms with van der Waals surface area (Å²) < 4.78 is 13.2. The van der Waals surface area contributed by atoms with E-state index in [1.54, 1.807) is 6.07 Å². The first-order chi connectivity index (χ1) is 9.13. The van der Waals surface area contributed by atoms with Gasteiger partial charge in [-0.2, -0.15) is 0 Å². The van der Waals surface area contributed by atoms with E-state index in [0.717, 1.165) is 22.4 Å². The number of halogens is 1. The molecule has 1 amide bonds. The molecule has 0 radical (unpaired) electrons. The lowest BCUT2D eigenvalue weighted by atomic mass is 9.92. The first-order valence-corrected chi connectivity index (χ1v) is 6.29. The highest BCUT2D eigenvalue weighted by molar-refractivity contribution is 6.03. The summed E-state index contributed by atoms with van der Waals surface area (Å²) in [5.41, 5.74) is 3.85. The van der Waals surface area contributed by atoms with E-state index >= 15 is 0 Å². The third-order valence-electron chi connectivity index (χ3n) is 3.49. The van der Waals surface area contributed by atoms with Gasteiger partial charge in [-0.1, -0.05) is 29.8 Å². The SMILES string of the molecule is Cc1ccc2c(c1)[C@H](Cc1cccc(F)c1)C(=O)N2. The van der Waals surface area contributed by atoms with Gasteiger partial charge in [0.15, 0.2) is 0 Å². The lowest BCUT2D eigenvalue weighted by Gasteiger charge is -2.09. The molecular formula is C16H14FNO. The molecule has 0 saturated heterocycles. The summed E-state index contributed by atoms with van der Waals surface area (Å²) in [6.07, 6.45) is 0.528. The fraction of sp³-hybridized carbons (Fsp3) is 0.188. The topological polar surface area (TPSA) is 29.1 Å². The van der Waals surface area contributed by atoms with Gasteiger partial charge in [0.1, 0.15) is 5.82 Å². The zero-order chi connectivity index (χ0) is 13.4. The lowest BCUT2D eigenvalue weighted by Crippen LogP contribution is -2.14. The molecule has 0 saturated carbocycles. The molecule has 1 atom stereocenters. The predicted molar refractivity (Wildman–Crippen MR) is 72.7 cm³/mol. The number of nitrogens with one attached hydrogen (secondary N) is 1. The molecule has 0 spiro atoms. The van der Waals surface area contributed by atoms with Crippen LogP contribution in [0.4, 0.5) is 10.1 Å². The van der Waals surface area contributed by atoms with Crippen LogP contribution < -0.4 is 5.32 Å². The van der Waals surface area contributed by atoms with Crippen LogP contribution in [0.25, 0.3) is 0 Å². The number of carbonyl (C=O) groups excluding carboxylic acids is 1. The second-order valence-corrected chi connectivity index (χ2v) is 4.97. The van der Waals surface area contributed by atoms with Gasteiger partial charge in [-0.15, -0.1) is 0 Å². The number of hydrogen-bond donors (Lipinski definition) is 1. The Morgan fingerprint density at radius 1 is 1.21 bits per heavy atom. The molecule has 0 bridgehead atoms. The van der Waals surface area contributed by atoms with Crippen molar-refractivity contribution in [3.05, 3.63) is 65.0 Å². The summed E-state index contributed by atoms with van der Waals surface area (Å²) in [4.78, 5) is 12.0. The van der Waals surface area contributed by atoms with Crippen LogP contribution in [0, 0.1) is 12.7 Å². The van der Waals surface area contributed by atoms with Crippen molar-refractivity contribution in [1.29, 1.82) is 0 Å². The van der Waals surface area contributed by atoms with E-state index in [-0.39, 0.29) is 17.6 Å². The average Bonchev–Trinajstić information content (AvgIpc) is 2.66. The predicted octanol–water partition coefficient (Wildman–Crippen LogP) is 3.41. The smallest absolute Gasteiger partial charge is 0.232 e. The molecule has 0 aromatic heterocycles. The number of hydrogen-bond acceptors (Lipinski definition) is 1. The Bertz CT molecular complexity index is 651. The molecule has 0 unspecified atom stereocenters. The van der Waals surface area contributed by atoms with Gasteiger partial charge in [-0.3, -0.25) is 4.79 Å². The molecule has 3 rings (SSSR count). The Labute approximate surface area is 111 Å². The third-order valence-corrected chi connectivity index (χ3v) is 3.49. The summed E-state index contributed by atoms with van der Waals surface area (Å²) in [5, 5.41) is 2.88. The first-order valence-electron chi connectivity index (χ1n) is 6.29. The Balaban J connectivity index is 1.94. The van der Waals surface area contributed by atoms with Crippen molar-refractivity contribution < 1.29 is 9.18 Å². The normalized spacial score (nSPS) is 17.2. The van der Waals surface area contributed by atoms with Crippen molar-refractivity contribution >= 4 is 11.6 Å². The Kier molecular flexibility index (Phi) is 2.82. The molecule has 1 heterocycles. The van der Waals surface area contributed by atoms with E-state index in [0.29, 0.717) is 6.42 Å². The fourth-order valence-corrected chi connectivity index (χ4v) is 2.55. The molecule has 1 N–H and O–H groups in total. The highest BCUT2D eigenvalue weighted by Gasteiger charge is 2.30. The molecule has 3 heteroatoms. The standard InChI is InChI=1S/C16H14FNO/c1-10-5-6-15-13(7-10)14(16(19)18-15)9-11-3-2-4-12(17)8-11/h2-8,14H,9H2,1H3,(H,18,19)/t14-/m0/s1. The molecule has 19 heavy (non-hydrogen) atoms. The molecule has 2 aromatic rings. The minimum absolute atomic E-state index is 0.00939. The average molecular weight is 255 g/mol. The van der Waals surface area contributed by atoms with E-state index in [1.807, 2.05) is 31.2 Å². The summed E-state index contributed by atoms with van der Waals surface area (Å²) >= 11 is 0. The summed E-state index contributed by atoms with van der Waals surface area (Å²) in [7, 11) is 0. The zero-order valence-electron chi connectivity index (χ0n) is 10.6. The third kappa shape index (κ3) is 2.24. The van der Waals surface area contributed by atoms with Gasteiger partial charge >= 0.3 is 0 Å². The summed E-state index contributed by atoms with van der Waals surface area (Å²) in [5.74, 6) is -0.498.